The van der Waals surface area contributed by atoms with Crippen molar-refractivity contribution in [2.24, 2.45) is 0 Å². The minimum Gasteiger partial charge on any atom is -0.459 e. The van der Waals surface area contributed by atoms with Crippen LogP contribution in [0.25, 0.3) is 6.08 Å². The molecule has 16 heteroatoms. The third kappa shape index (κ3) is 7.05. The van der Waals surface area contributed by atoms with E-state index in [2.05, 4.69) is 10.3 Å². The summed E-state index contributed by atoms with van der Waals surface area (Å²) in [6, 6.07) is 7.74. The average Bonchev–Trinajstić information content (AvgIpc) is 3.78. The molecule has 1 saturated carbocycles. The van der Waals surface area contributed by atoms with Gasteiger partial charge in [-0.15, -0.1) is 11.3 Å². The number of aliphatic hydroxyl groups is 5. The monoisotopic (exact) mass is 712 g/mol. The fourth-order valence-corrected chi connectivity index (χ4v) is 7.03. The van der Waals surface area contributed by atoms with Crippen LogP contribution >= 0.6 is 34.5 Å². The molecule has 0 unspecified atom stereocenters. The maximum atomic E-state index is 15.1. The molecule has 3 fully saturated rings. The molecule has 3 aromatic rings. The number of aromatic nitrogens is 1. The van der Waals surface area contributed by atoms with Gasteiger partial charge in [0.1, 0.15) is 55.6 Å². The first kappa shape index (κ1) is 34.1. The zero-order valence-electron chi connectivity index (χ0n) is 24.6. The second kappa shape index (κ2) is 14.0. The van der Waals surface area contributed by atoms with Gasteiger partial charge >= 0.3 is 0 Å². The van der Waals surface area contributed by atoms with Gasteiger partial charge in [-0.2, -0.15) is 0 Å². The average molecular weight is 714 g/mol. The molecule has 2 aromatic carbocycles. The number of carbonyl (C=O) groups is 1. The number of halogens is 3. The van der Waals surface area contributed by atoms with Crippen LogP contribution in [-0.2, 0) is 25.4 Å². The number of carbonyl (C=O) groups excluding carboxylic acids is 1. The van der Waals surface area contributed by atoms with Crippen molar-refractivity contribution in [1.82, 2.24) is 10.3 Å². The third-order valence-electron chi connectivity index (χ3n) is 8.28. The van der Waals surface area contributed by atoms with E-state index in [1.165, 1.54) is 36.5 Å². The number of rotatable bonds is 8. The zero-order chi connectivity index (χ0) is 33.6. The molecule has 6 rings (SSSR count). The van der Waals surface area contributed by atoms with Crippen molar-refractivity contribution in [3.63, 3.8) is 0 Å². The molecular weight excluding hydrogens is 682 g/mol. The molecule has 3 heterocycles. The molecule has 6 N–H and O–H groups in total. The van der Waals surface area contributed by atoms with Crippen molar-refractivity contribution >= 4 is 46.5 Å². The van der Waals surface area contributed by atoms with Gasteiger partial charge < -0.3 is 49.8 Å². The van der Waals surface area contributed by atoms with Crippen molar-refractivity contribution in [1.29, 1.82) is 0 Å². The number of ether oxygens (including phenoxy) is 4. The highest BCUT2D eigenvalue weighted by Gasteiger charge is 2.53. The topological polar surface area (TPSA) is 180 Å². The molecule has 2 aliphatic heterocycles. The molecule has 0 radical (unpaired) electrons. The highest BCUT2D eigenvalue weighted by molar-refractivity contribution is 7.09. The fraction of sp³-hybridized carbons (Fsp3) is 0.419. The Morgan fingerprint density at radius 2 is 1.79 bits per heavy atom. The molecule has 1 aromatic heterocycles. The lowest BCUT2D eigenvalue weighted by Gasteiger charge is -2.41. The maximum absolute atomic E-state index is 15.1. The summed E-state index contributed by atoms with van der Waals surface area (Å²) in [5.41, 5.74) is 1.57. The van der Waals surface area contributed by atoms with Crippen LogP contribution in [0.2, 0.25) is 10.0 Å². The maximum Gasteiger partial charge on any atom is 0.247 e. The Morgan fingerprint density at radius 3 is 2.51 bits per heavy atom. The Kier molecular flexibility index (Phi) is 10.2. The number of nitrogens with one attached hydrogen (secondary N) is 1. The van der Waals surface area contributed by atoms with Crippen LogP contribution in [0.15, 0.2) is 47.4 Å². The molecular formula is C31H31Cl2FN2O10S. The molecule has 12 nitrogen and oxygen atoms in total. The number of benzene rings is 2. The summed E-state index contributed by atoms with van der Waals surface area (Å²) in [4.78, 5) is 17.4. The van der Waals surface area contributed by atoms with Gasteiger partial charge in [-0.3, -0.25) is 4.79 Å². The van der Waals surface area contributed by atoms with Crippen LogP contribution < -0.4 is 10.1 Å². The SMILES string of the molecule is CC(=Cc1ccc(O[C@@H]2O[C@H](c3csc(Cc4ccc(Cl)cc4Cl)n3)[C@@H](O)[C@@H]2O)c(F)c1)C(=O)N[C@@H]1[C@H](O)[C@@H](O)[C@H]2OCO[C@H]2[C@@H]1O. The molecule has 47 heavy (non-hydrogen) atoms. The molecule has 0 spiro atoms. The Labute approximate surface area is 281 Å². The summed E-state index contributed by atoms with van der Waals surface area (Å²) in [6.45, 7) is 1.29. The van der Waals surface area contributed by atoms with Crippen LogP contribution in [0.5, 0.6) is 5.75 Å². The second-order valence-corrected chi connectivity index (χ2v) is 13.3. The fourth-order valence-electron chi connectivity index (χ4n) is 5.72. The lowest BCUT2D eigenvalue weighted by Crippen LogP contribution is -2.67. The summed E-state index contributed by atoms with van der Waals surface area (Å²) in [6.07, 6.45) is -9.68. The predicted octanol–water partition coefficient (Wildman–Crippen LogP) is 2.10. The highest BCUT2D eigenvalue weighted by atomic mass is 35.5. The van der Waals surface area contributed by atoms with Gasteiger partial charge in [0.05, 0.1) is 16.7 Å². The van der Waals surface area contributed by atoms with E-state index >= 15 is 4.39 Å². The third-order valence-corrected chi connectivity index (χ3v) is 9.73. The molecule has 0 bridgehead atoms. The van der Waals surface area contributed by atoms with Crippen LogP contribution in [0.4, 0.5) is 4.39 Å². The highest BCUT2D eigenvalue weighted by Crippen LogP contribution is 2.37. The van der Waals surface area contributed by atoms with Crippen molar-refractivity contribution in [2.45, 2.75) is 74.5 Å². The van der Waals surface area contributed by atoms with Crippen molar-refractivity contribution in [3.05, 3.63) is 85.0 Å². The summed E-state index contributed by atoms with van der Waals surface area (Å²) < 4.78 is 36.9. The van der Waals surface area contributed by atoms with Crippen LogP contribution in [0, 0.1) is 5.82 Å². The van der Waals surface area contributed by atoms with E-state index in [1.54, 1.807) is 23.6 Å². The summed E-state index contributed by atoms with van der Waals surface area (Å²) in [7, 11) is 0. The predicted molar refractivity (Wildman–Crippen MR) is 166 cm³/mol. The largest absolute Gasteiger partial charge is 0.459 e. The Hall–Kier alpha value is -2.73. The van der Waals surface area contributed by atoms with Gasteiger partial charge in [-0.1, -0.05) is 35.3 Å². The second-order valence-electron chi connectivity index (χ2n) is 11.5. The van der Waals surface area contributed by atoms with E-state index in [9.17, 15) is 30.3 Å². The number of amides is 1. The Balaban J connectivity index is 1.08. The Bertz CT molecular complexity index is 1660. The van der Waals surface area contributed by atoms with E-state index in [4.69, 9.17) is 42.1 Å². The zero-order valence-corrected chi connectivity index (χ0v) is 26.9. The number of thiazole rings is 1. The summed E-state index contributed by atoms with van der Waals surface area (Å²) >= 11 is 13.6. The van der Waals surface area contributed by atoms with Crippen molar-refractivity contribution in [3.8, 4) is 5.75 Å². The lowest BCUT2D eigenvalue weighted by atomic mass is 9.83. The quantitative estimate of drug-likeness (QED) is 0.188. The van der Waals surface area contributed by atoms with Gasteiger partial charge in [0.2, 0.25) is 12.2 Å². The van der Waals surface area contributed by atoms with E-state index in [1.807, 2.05) is 0 Å². The number of fused-ring (bicyclic) bond motifs is 1. The Morgan fingerprint density at radius 1 is 1.04 bits per heavy atom. The first-order chi connectivity index (χ1) is 22.4. The smallest absolute Gasteiger partial charge is 0.247 e. The molecule has 3 aliphatic rings. The first-order valence-corrected chi connectivity index (χ1v) is 16.2. The molecule has 1 amide bonds. The van der Waals surface area contributed by atoms with Crippen LogP contribution in [0.1, 0.15) is 34.9 Å². The van der Waals surface area contributed by atoms with Gasteiger partial charge in [0.25, 0.3) is 0 Å². The number of aliphatic hydroxyl groups excluding tert-OH is 5. The van der Waals surface area contributed by atoms with Crippen molar-refractivity contribution in [2.75, 3.05) is 6.79 Å². The van der Waals surface area contributed by atoms with Crippen LogP contribution in [0.3, 0.4) is 0 Å². The number of nitrogens with zero attached hydrogens (tertiary/aromatic N) is 1. The standard InChI is InChI=1S/C31H31Cl2FN2O10S/c1-12(30(42)36-21-22(37)24(39)29-28(23(21)38)43-11-44-29)6-13-2-5-19(17(34)7-13)45-31-26(41)25(40)27(46-31)18-10-47-20(35-18)8-14-3-4-15(32)9-16(14)33/h2-7,9-10,21-29,31,37-41H,8,11H2,1H3,(H,36,42)/t21-,22+,23-,24-,25+,26+,27-,28+,29-,31-/m1/s1. The van der Waals surface area contributed by atoms with Gasteiger partial charge in [-0.25, -0.2) is 9.37 Å². The normalized spacial score (nSPS) is 32.3. The molecule has 252 valence electrons. The van der Waals surface area contributed by atoms with Crippen LogP contribution in [-0.4, -0.2) is 98.3 Å². The first-order valence-electron chi connectivity index (χ1n) is 14.5. The number of hydrogen-bond donors (Lipinski definition) is 6. The minimum absolute atomic E-state index is 0.110. The van der Waals surface area contributed by atoms with Gasteiger partial charge in [-0.05, 0) is 48.4 Å². The van der Waals surface area contributed by atoms with Crippen molar-refractivity contribution < 1.29 is 53.7 Å². The van der Waals surface area contributed by atoms with E-state index in [0.717, 1.165) is 11.6 Å². The van der Waals surface area contributed by atoms with E-state index < -0.39 is 72.9 Å². The summed E-state index contributed by atoms with van der Waals surface area (Å²) in [5, 5.41) is 58.5. The summed E-state index contributed by atoms with van der Waals surface area (Å²) in [5.74, 6) is -1.78. The van der Waals surface area contributed by atoms with Gasteiger partial charge in [0, 0.05) is 27.4 Å². The molecule has 10 atom stereocenters. The molecule has 2 saturated heterocycles. The van der Waals surface area contributed by atoms with E-state index in [0.29, 0.717) is 27.2 Å². The van der Waals surface area contributed by atoms with E-state index in [-0.39, 0.29) is 23.7 Å². The van der Waals surface area contributed by atoms with Gasteiger partial charge in [0.15, 0.2) is 11.6 Å². The number of hydrogen-bond acceptors (Lipinski definition) is 12. The molecule has 1 aliphatic carbocycles. The minimum atomic E-state index is -1.52. The lowest BCUT2D eigenvalue weighted by molar-refractivity contribution is -0.155.